The van der Waals surface area contributed by atoms with E-state index in [0.29, 0.717) is 11.1 Å². The smallest absolute Gasteiger partial charge is 0.333 e. The molecule has 0 aromatic carbocycles. The topological polar surface area (TPSA) is 52.6 Å². The van der Waals surface area contributed by atoms with Gasteiger partial charge < -0.3 is 9.47 Å². The van der Waals surface area contributed by atoms with Crippen molar-refractivity contribution in [2.24, 2.45) is 0 Å². The molecule has 0 aromatic rings. The molecule has 0 fully saturated rings. The van der Waals surface area contributed by atoms with Gasteiger partial charge in [-0.25, -0.2) is 9.59 Å². The van der Waals surface area contributed by atoms with Gasteiger partial charge in [0, 0.05) is 11.1 Å². The van der Waals surface area contributed by atoms with Crippen LogP contribution in [0.15, 0.2) is 24.3 Å². The Bertz CT molecular complexity index is 452. The summed E-state index contributed by atoms with van der Waals surface area (Å²) >= 11 is 0. The maximum absolute atomic E-state index is 10.8. The van der Waals surface area contributed by atoms with Crippen molar-refractivity contribution < 1.29 is 19.1 Å². The van der Waals surface area contributed by atoms with E-state index in [4.69, 9.17) is 0 Å². The van der Waals surface area contributed by atoms with Gasteiger partial charge in [0.1, 0.15) is 13.2 Å². The second kappa shape index (κ2) is 26.7. The molecule has 4 heteroatoms. The minimum Gasteiger partial charge on any atom is -0.459 e. The average molecular weight is 467 g/mol. The van der Waals surface area contributed by atoms with Crippen molar-refractivity contribution in [2.75, 3.05) is 13.2 Å². The first-order valence-electron chi connectivity index (χ1n) is 13.5. The summed E-state index contributed by atoms with van der Waals surface area (Å²) in [6.45, 7) is 14.5. The Hall–Kier alpha value is -1.58. The molecule has 0 aliphatic heterocycles. The first kappa shape index (κ1) is 33.6. The second-order valence-corrected chi connectivity index (χ2v) is 9.14. The van der Waals surface area contributed by atoms with Gasteiger partial charge in [-0.2, -0.15) is 0 Å². The normalized spacial score (nSPS) is 10.2. The summed E-state index contributed by atoms with van der Waals surface area (Å²) in [5, 5.41) is 0. The first-order valence-corrected chi connectivity index (χ1v) is 13.5. The summed E-state index contributed by atoms with van der Waals surface area (Å²) in [4.78, 5) is 21.7. The Kier molecular flexibility index (Phi) is 27.1. The number of esters is 2. The number of carbonyl (C=O) groups excluding carboxylic acids is 2. The highest BCUT2D eigenvalue weighted by Crippen LogP contribution is 2.13. The zero-order valence-electron chi connectivity index (χ0n) is 22.5. The van der Waals surface area contributed by atoms with Crippen LogP contribution in [0.5, 0.6) is 0 Å². The van der Waals surface area contributed by atoms with Gasteiger partial charge in [-0.05, 0) is 13.8 Å². The molecule has 194 valence electrons. The third-order valence-corrected chi connectivity index (χ3v) is 5.45. The van der Waals surface area contributed by atoms with Crippen molar-refractivity contribution in [1.29, 1.82) is 0 Å². The lowest BCUT2D eigenvalue weighted by atomic mass is 10.0. The van der Waals surface area contributed by atoms with E-state index < -0.39 is 11.9 Å². The van der Waals surface area contributed by atoms with Crippen molar-refractivity contribution in [2.45, 2.75) is 137 Å². The third-order valence-electron chi connectivity index (χ3n) is 5.45. The van der Waals surface area contributed by atoms with Crippen molar-refractivity contribution >= 4 is 11.9 Å². The van der Waals surface area contributed by atoms with E-state index in [9.17, 15) is 9.59 Å². The Labute approximate surface area is 205 Å². The average Bonchev–Trinajstić information content (AvgIpc) is 2.79. The quantitative estimate of drug-likeness (QED) is 0.0962. The lowest BCUT2D eigenvalue weighted by Crippen LogP contribution is -2.14. The minimum atomic E-state index is -0.489. The predicted octanol–water partition coefficient (Wildman–Crippen LogP) is 8.88. The lowest BCUT2D eigenvalue weighted by molar-refractivity contribution is -0.147. The SMILES string of the molecule is C=C(C)C(=O)OCCOC(=O)C(=C)C.CCCCCCCCCCCCCCCCCCC. The molecular weight excluding hydrogens is 412 g/mol. The van der Waals surface area contributed by atoms with Gasteiger partial charge in [0.2, 0.25) is 0 Å². The van der Waals surface area contributed by atoms with Gasteiger partial charge in [0.25, 0.3) is 0 Å². The zero-order valence-corrected chi connectivity index (χ0v) is 22.5. The molecule has 0 saturated carbocycles. The van der Waals surface area contributed by atoms with Crippen LogP contribution < -0.4 is 0 Å². The van der Waals surface area contributed by atoms with Crippen molar-refractivity contribution in [3.8, 4) is 0 Å². The second-order valence-electron chi connectivity index (χ2n) is 9.14. The van der Waals surface area contributed by atoms with Gasteiger partial charge in [-0.15, -0.1) is 0 Å². The zero-order chi connectivity index (χ0) is 25.2. The van der Waals surface area contributed by atoms with Crippen molar-refractivity contribution in [3.05, 3.63) is 24.3 Å². The van der Waals surface area contributed by atoms with Crippen LogP contribution in [0.2, 0.25) is 0 Å². The van der Waals surface area contributed by atoms with Crippen LogP contribution in [0.3, 0.4) is 0 Å². The predicted molar refractivity (Wildman–Crippen MR) is 141 cm³/mol. The minimum absolute atomic E-state index is 0.0325. The summed E-state index contributed by atoms with van der Waals surface area (Å²) in [7, 11) is 0. The molecule has 4 nitrogen and oxygen atoms in total. The highest BCUT2D eigenvalue weighted by molar-refractivity contribution is 5.87. The van der Waals surface area contributed by atoms with E-state index in [0.717, 1.165) is 0 Å². The van der Waals surface area contributed by atoms with Crippen LogP contribution in [0.25, 0.3) is 0 Å². The summed E-state index contributed by atoms with van der Waals surface area (Å²) in [5.74, 6) is -0.979. The molecule has 0 N–H and O–H groups in total. The first-order chi connectivity index (χ1) is 15.9. The molecule has 0 aliphatic carbocycles. The number of hydrogen-bond donors (Lipinski definition) is 0. The van der Waals surface area contributed by atoms with Crippen LogP contribution >= 0.6 is 0 Å². The fourth-order valence-electron chi connectivity index (χ4n) is 3.31. The fraction of sp³-hybridized carbons (Fsp3) is 0.793. The van der Waals surface area contributed by atoms with Crippen LogP contribution in [0.1, 0.15) is 137 Å². The molecule has 0 atom stereocenters. The van der Waals surface area contributed by atoms with Crippen LogP contribution in [0, 0.1) is 0 Å². The summed E-state index contributed by atoms with van der Waals surface area (Å²) in [6, 6.07) is 0. The highest BCUT2D eigenvalue weighted by Gasteiger charge is 2.05. The van der Waals surface area contributed by atoms with Crippen LogP contribution in [-0.4, -0.2) is 25.2 Å². The maximum Gasteiger partial charge on any atom is 0.333 e. The summed E-state index contributed by atoms with van der Waals surface area (Å²) in [5.41, 5.74) is 0.632. The van der Waals surface area contributed by atoms with E-state index in [1.165, 1.54) is 109 Å². The molecule has 0 saturated heterocycles. The summed E-state index contributed by atoms with van der Waals surface area (Å²) in [6.07, 6.45) is 24.9. The third kappa shape index (κ3) is 28.4. The van der Waals surface area contributed by atoms with Gasteiger partial charge in [-0.3, -0.25) is 0 Å². The molecule has 0 aromatic heterocycles. The van der Waals surface area contributed by atoms with E-state index in [2.05, 4.69) is 36.5 Å². The molecule has 33 heavy (non-hydrogen) atoms. The summed E-state index contributed by atoms with van der Waals surface area (Å²) < 4.78 is 9.38. The van der Waals surface area contributed by atoms with E-state index in [1.807, 2.05) is 0 Å². The molecule has 0 radical (unpaired) electrons. The number of rotatable bonds is 21. The number of carbonyl (C=O) groups is 2. The lowest BCUT2D eigenvalue weighted by Gasteiger charge is -2.05. The van der Waals surface area contributed by atoms with Crippen LogP contribution in [-0.2, 0) is 19.1 Å². The molecule has 0 bridgehead atoms. The van der Waals surface area contributed by atoms with Crippen molar-refractivity contribution in [1.82, 2.24) is 0 Å². The van der Waals surface area contributed by atoms with Gasteiger partial charge >= 0.3 is 11.9 Å². The molecule has 0 aliphatic rings. The van der Waals surface area contributed by atoms with Gasteiger partial charge in [-0.1, -0.05) is 136 Å². The Morgan fingerprint density at radius 3 is 0.879 bits per heavy atom. The van der Waals surface area contributed by atoms with Crippen molar-refractivity contribution in [3.63, 3.8) is 0 Å². The number of unbranched alkanes of at least 4 members (excludes halogenated alkanes) is 16. The molecule has 0 rings (SSSR count). The molecule has 0 unspecified atom stereocenters. The Morgan fingerprint density at radius 2 is 0.697 bits per heavy atom. The van der Waals surface area contributed by atoms with E-state index in [1.54, 1.807) is 13.8 Å². The largest absolute Gasteiger partial charge is 0.459 e. The molecule has 0 spiro atoms. The Morgan fingerprint density at radius 1 is 0.485 bits per heavy atom. The number of hydrogen-bond acceptors (Lipinski definition) is 4. The molecular formula is C29H54O4. The van der Waals surface area contributed by atoms with Crippen LogP contribution in [0.4, 0.5) is 0 Å². The molecule has 0 amide bonds. The number of ether oxygens (including phenoxy) is 2. The molecule has 0 heterocycles. The Balaban J connectivity index is 0. The standard InChI is InChI=1S/C19H40.C10H14O4/c1-3-5-7-9-11-13-15-17-19-18-16-14-12-10-8-6-4-2;1-7(2)9(11)13-5-6-14-10(12)8(3)4/h3-19H2,1-2H3;1,3,5-6H2,2,4H3. The highest BCUT2D eigenvalue weighted by atomic mass is 16.6. The monoisotopic (exact) mass is 466 g/mol. The fourth-order valence-corrected chi connectivity index (χ4v) is 3.31. The van der Waals surface area contributed by atoms with E-state index >= 15 is 0 Å². The van der Waals surface area contributed by atoms with Gasteiger partial charge in [0.05, 0.1) is 0 Å². The maximum atomic E-state index is 10.8. The van der Waals surface area contributed by atoms with E-state index in [-0.39, 0.29) is 13.2 Å². The van der Waals surface area contributed by atoms with Gasteiger partial charge in [0.15, 0.2) is 0 Å².